The van der Waals surface area contributed by atoms with Crippen molar-refractivity contribution in [2.24, 2.45) is 0 Å². The van der Waals surface area contributed by atoms with E-state index in [0.29, 0.717) is 18.4 Å². The van der Waals surface area contributed by atoms with Crippen LogP contribution in [0.25, 0.3) is 0 Å². The first-order chi connectivity index (χ1) is 16.6. The topological polar surface area (TPSA) is 93.7 Å². The van der Waals surface area contributed by atoms with Gasteiger partial charge in [0.1, 0.15) is 5.00 Å². The maximum Gasteiger partial charge on any atom is 0.441 e. The molecule has 0 saturated carbocycles. The van der Waals surface area contributed by atoms with Crippen molar-refractivity contribution in [2.45, 2.75) is 50.9 Å². The van der Waals surface area contributed by atoms with Crippen molar-refractivity contribution in [1.29, 1.82) is 0 Å². The number of alkyl halides is 3. The zero-order valence-electron chi connectivity index (χ0n) is 19.0. The average Bonchev–Trinajstić information content (AvgIpc) is 2.97. The van der Waals surface area contributed by atoms with Gasteiger partial charge in [-0.1, -0.05) is 30.2 Å². The number of benzene rings is 1. The lowest BCUT2D eigenvalue weighted by molar-refractivity contribution is -0.204. The molecule has 1 aliphatic carbocycles. The van der Waals surface area contributed by atoms with Crippen LogP contribution in [0.1, 0.15) is 57.3 Å². The molecule has 1 amide bonds. The molecule has 1 atom stereocenters. The molecule has 1 aromatic carbocycles. The van der Waals surface area contributed by atoms with Crippen LogP contribution in [0.15, 0.2) is 24.3 Å². The molecule has 1 heterocycles. The highest BCUT2D eigenvalue weighted by molar-refractivity contribution is 7.16. The summed E-state index contributed by atoms with van der Waals surface area (Å²) >= 11 is 6.92. The van der Waals surface area contributed by atoms with E-state index < -0.39 is 29.7 Å². The summed E-state index contributed by atoms with van der Waals surface area (Å²) in [5, 5.41) is 3.55. The maximum atomic E-state index is 14.7. The number of amides is 1. The van der Waals surface area contributed by atoms with Crippen LogP contribution < -0.4 is 10.6 Å². The van der Waals surface area contributed by atoms with E-state index in [1.807, 2.05) is 0 Å². The van der Waals surface area contributed by atoms with Gasteiger partial charge in [-0.2, -0.15) is 13.2 Å². The highest BCUT2D eigenvalue weighted by atomic mass is 35.5. The lowest BCUT2D eigenvalue weighted by Gasteiger charge is -2.35. The molecule has 0 radical (unpaired) electrons. The minimum absolute atomic E-state index is 0.0840. The Labute approximate surface area is 208 Å². The van der Waals surface area contributed by atoms with E-state index in [-0.39, 0.29) is 27.8 Å². The lowest BCUT2D eigenvalue weighted by atomic mass is 10.0. The second-order valence-electron chi connectivity index (χ2n) is 7.79. The fraction of sp³-hybridized carbons (Fsp3) is 0.435. The van der Waals surface area contributed by atoms with Crippen molar-refractivity contribution >= 4 is 45.8 Å². The van der Waals surface area contributed by atoms with E-state index in [1.165, 1.54) is 31.2 Å². The number of rotatable bonds is 7. The summed E-state index contributed by atoms with van der Waals surface area (Å²) < 4.78 is 53.5. The Balaban J connectivity index is 2.16. The number of nitrogens with one attached hydrogen (secondary N) is 2. The van der Waals surface area contributed by atoms with E-state index in [2.05, 4.69) is 5.32 Å². The predicted octanol–water partition coefficient (Wildman–Crippen LogP) is 5.12. The van der Waals surface area contributed by atoms with E-state index in [4.69, 9.17) is 21.1 Å². The van der Waals surface area contributed by atoms with Crippen molar-refractivity contribution in [3.63, 3.8) is 0 Å². The maximum absolute atomic E-state index is 14.7. The molecule has 190 valence electrons. The van der Waals surface area contributed by atoms with Crippen molar-refractivity contribution < 1.29 is 37.0 Å². The molecule has 2 N–H and O–H groups in total. The molecule has 7 nitrogen and oxygen atoms in total. The third-order valence-corrected chi connectivity index (χ3v) is 7.08. The molecule has 2 aromatic rings. The number of halogens is 4. The molecular formula is C23H24ClF3N2O5S. The third-order valence-electron chi connectivity index (χ3n) is 5.54. The van der Waals surface area contributed by atoms with Gasteiger partial charge >= 0.3 is 23.8 Å². The standard InChI is InChI=1S/C23H24ClF3N2O5S/c1-3-34-21(32)22(23(25,26)27,28-18(30)13-9-7-8-11-15(13)24)29-19-17(20(31)33-2)14-10-5-4-6-12-16(14)35-19/h7-9,11,29H,3-6,10,12H2,1-2H3,(H,28,30). The van der Waals surface area contributed by atoms with Crippen molar-refractivity contribution in [3.05, 3.63) is 50.9 Å². The Morgan fingerprint density at radius 2 is 1.80 bits per heavy atom. The normalized spacial score (nSPS) is 15.3. The van der Waals surface area contributed by atoms with Gasteiger partial charge in [0, 0.05) is 4.88 Å². The van der Waals surface area contributed by atoms with E-state index in [9.17, 15) is 27.6 Å². The summed E-state index contributed by atoms with van der Waals surface area (Å²) in [6.45, 7) is 0.952. The summed E-state index contributed by atoms with van der Waals surface area (Å²) in [4.78, 5) is 39.1. The Hall–Kier alpha value is -2.79. The number of aryl methyl sites for hydroxylation is 1. The summed E-state index contributed by atoms with van der Waals surface area (Å²) in [5.41, 5.74) is -3.48. The quantitative estimate of drug-likeness (QED) is 0.292. The fourth-order valence-corrected chi connectivity index (χ4v) is 5.39. The first kappa shape index (κ1) is 26.8. The zero-order chi connectivity index (χ0) is 25.8. The molecule has 0 bridgehead atoms. The lowest BCUT2D eigenvalue weighted by Crippen LogP contribution is -2.69. The smallest absolute Gasteiger partial charge is 0.441 e. The minimum Gasteiger partial charge on any atom is -0.465 e. The van der Waals surface area contributed by atoms with E-state index in [1.54, 1.807) is 5.32 Å². The van der Waals surface area contributed by atoms with Crippen LogP contribution in [0.5, 0.6) is 0 Å². The Bertz CT molecular complexity index is 1120. The first-order valence-corrected chi connectivity index (χ1v) is 12.1. The fourth-order valence-electron chi connectivity index (χ4n) is 3.83. The van der Waals surface area contributed by atoms with Crippen LogP contribution >= 0.6 is 22.9 Å². The Morgan fingerprint density at radius 3 is 2.43 bits per heavy atom. The Morgan fingerprint density at radius 1 is 1.11 bits per heavy atom. The van der Waals surface area contributed by atoms with Gasteiger partial charge in [0.05, 0.1) is 29.9 Å². The van der Waals surface area contributed by atoms with Gasteiger partial charge in [-0.15, -0.1) is 11.3 Å². The Kier molecular flexibility index (Phi) is 8.32. The molecule has 3 rings (SSSR count). The monoisotopic (exact) mass is 532 g/mol. The van der Waals surface area contributed by atoms with Gasteiger partial charge < -0.3 is 20.1 Å². The number of hydrogen-bond donors (Lipinski definition) is 2. The summed E-state index contributed by atoms with van der Waals surface area (Å²) in [6, 6.07) is 5.47. The van der Waals surface area contributed by atoms with E-state index >= 15 is 0 Å². The number of carbonyl (C=O) groups is 3. The van der Waals surface area contributed by atoms with Crippen LogP contribution in [-0.2, 0) is 27.1 Å². The second kappa shape index (κ2) is 10.9. The number of ether oxygens (including phenoxy) is 2. The van der Waals surface area contributed by atoms with Crippen molar-refractivity contribution in [2.75, 3.05) is 19.0 Å². The van der Waals surface area contributed by atoms with Gasteiger partial charge in [0.25, 0.3) is 5.91 Å². The molecule has 1 aliphatic rings. The first-order valence-electron chi connectivity index (χ1n) is 10.9. The second-order valence-corrected chi connectivity index (χ2v) is 9.30. The van der Waals surface area contributed by atoms with Crippen LogP contribution in [0.3, 0.4) is 0 Å². The summed E-state index contributed by atoms with van der Waals surface area (Å²) in [5.74, 6) is -3.89. The molecule has 0 aliphatic heterocycles. The number of carbonyl (C=O) groups excluding carboxylic acids is 3. The molecule has 1 aromatic heterocycles. The zero-order valence-corrected chi connectivity index (χ0v) is 20.6. The number of methoxy groups -OCH3 is 1. The summed E-state index contributed by atoms with van der Waals surface area (Å²) in [7, 11) is 1.12. The molecule has 12 heteroatoms. The molecule has 0 fully saturated rings. The third kappa shape index (κ3) is 5.40. The predicted molar refractivity (Wildman–Crippen MR) is 125 cm³/mol. The minimum atomic E-state index is -5.37. The molecule has 0 spiro atoms. The molecular weight excluding hydrogens is 509 g/mol. The van der Waals surface area contributed by atoms with Crippen molar-refractivity contribution in [3.8, 4) is 0 Å². The number of fused-ring (bicyclic) bond motifs is 1. The number of anilines is 1. The van der Waals surface area contributed by atoms with Crippen LogP contribution in [0.4, 0.5) is 18.2 Å². The number of esters is 2. The highest BCUT2D eigenvalue weighted by Crippen LogP contribution is 2.42. The largest absolute Gasteiger partial charge is 0.465 e. The van der Waals surface area contributed by atoms with Gasteiger partial charge in [-0.05, 0) is 50.3 Å². The van der Waals surface area contributed by atoms with E-state index in [0.717, 1.165) is 42.6 Å². The SMILES string of the molecule is CCOC(=O)C(NC(=O)c1ccccc1Cl)(Nc1sc2c(c1C(=O)OC)CCCCC2)C(F)(F)F. The molecule has 35 heavy (non-hydrogen) atoms. The number of thiophene rings is 1. The van der Waals surface area contributed by atoms with Crippen LogP contribution in [-0.4, -0.2) is 43.4 Å². The number of hydrogen-bond acceptors (Lipinski definition) is 7. The van der Waals surface area contributed by atoms with Crippen LogP contribution in [0, 0.1) is 0 Å². The highest BCUT2D eigenvalue weighted by Gasteiger charge is 2.64. The van der Waals surface area contributed by atoms with Gasteiger partial charge in [0.15, 0.2) is 0 Å². The van der Waals surface area contributed by atoms with Crippen molar-refractivity contribution in [1.82, 2.24) is 5.32 Å². The average molecular weight is 533 g/mol. The molecule has 1 unspecified atom stereocenters. The van der Waals surface area contributed by atoms with Crippen LogP contribution in [0.2, 0.25) is 5.02 Å². The molecule has 0 saturated heterocycles. The van der Waals surface area contributed by atoms with Gasteiger partial charge in [-0.3, -0.25) is 4.79 Å². The summed E-state index contributed by atoms with van der Waals surface area (Å²) in [6.07, 6.45) is -1.87. The van der Waals surface area contributed by atoms with Gasteiger partial charge in [-0.25, -0.2) is 9.59 Å². The van der Waals surface area contributed by atoms with Gasteiger partial charge in [0.2, 0.25) is 0 Å².